The van der Waals surface area contributed by atoms with E-state index in [1.807, 2.05) is 30.3 Å². The standard InChI is InChI=1S/C18H18N2O3S/c1-2-22-17(21)13(11-19)12-7-3-6-10-16(12)24-18-20-14-8-4-5-9-15(14)23-18/h4-5,8-9,16H,2-3,6-7,10H2,1H3. The largest absolute Gasteiger partial charge is 0.462 e. The van der Waals surface area contributed by atoms with Crippen molar-refractivity contribution in [3.63, 3.8) is 0 Å². The Morgan fingerprint density at radius 3 is 3.04 bits per heavy atom. The van der Waals surface area contributed by atoms with Crippen LogP contribution in [0.5, 0.6) is 0 Å². The van der Waals surface area contributed by atoms with Gasteiger partial charge in [0.2, 0.25) is 0 Å². The molecule has 0 amide bonds. The van der Waals surface area contributed by atoms with Crippen LogP contribution in [0.15, 0.2) is 45.1 Å². The predicted octanol–water partition coefficient (Wildman–Crippen LogP) is 4.25. The van der Waals surface area contributed by atoms with Crippen LogP contribution in [-0.4, -0.2) is 22.8 Å². The molecule has 1 aromatic carbocycles. The highest BCUT2D eigenvalue weighted by Crippen LogP contribution is 2.39. The van der Waals surface area contributed by atoms with Crippen molar-refractivity contribution in [1.82, 2.24) is 4.98 Å². The van der Waals surface area contributed by atoms with Crippen LogP contribution in [0.3, 0.4) is 0 Å². The summed E-state index contributed by atoms with van der Waals surface area (Å²) < 4.78 is 10.8. The number of nitriles is 1. The molecule has 0 aliphatic heterocycles. The highest BCUT2D eigenvalue weighted by molar-refractivity contribution is 7.99. The summed E-state index contributed by atoms with van der Waals surface area (Å²) in [6, 6.07) is 9.64. The van der Waals surface area contributed by atoms with Gasteiger partial charge in [0, 0.05) is 5.25 Å². The minimum atomic E-state index is -0.528. The minimum absolute atomic E-state index is 0.0193. The number of esters is 1. The lowest BCUT2D eigenvalue weighted by Gasteiger charge is -2.24. The molecule has 5 nitrogen and oxygen atoms in total. The second-order valence-electron chi connectivity index (χ2n) is 5.53. The molecule has 0 spiro atoms. The number of fused-ring (bicyclic) bond motifs is 1. The SMILES string of the molecule is CCOC(=O)C(C#N)=C1CCCCC1Sc1nc2ccccc2o1. The fraction of sp³-hybridized carbons (Fsp3) is 0.389. The van der Waals surface area contributed by atoms with Gasteiger partial charge in [0.05, 0.1) is 6.61 Å². The third kappa shape index (κ3) is 3.46. The Hall–Kier alpha value is -2.26. The van der Waals surface area contributed by atoms with Gasteiger partial charge in [-0.3, -0.25) is 0 Å². The van der Waals surface area contributed by atoms with Crippen LogP contribution in [0.1, 0.15) is 32.6 Å². The number of aromatic nitrogens is 1. The van der Waals surface area contributed by atoms with E-state index in [2.05, 4.69) is 4.98 Å². The molecule has 1 saturated carbocycles. The fourth-order valence-electron chi connectivity index (χ4n) is 2.87. The molecule has 0 bridgehead atoms. The summed E-state index contributed by atoms with van der Waals surface area (Å²) in [4.78, 5) is 16.5. The Morgan fingerprint density at radius 1 is 1.46 bits per heavy atom. The first-order valence-corrected chi connectivity index (χ1v) is 8.93. The molecule has 0 radical (unpaired) electrons. The molecule has 1 aliphatic carbocycles. The summed E-state index contributed by atoms with van der Waals surface area (Å²) in [6.45, 7) is 2.00. The number of nitrogens with zero attached hydrogens (tertiary/aromatic N) is 2. The highest BCUT2D eigenvalue weighted by atomic mass is 32.2. The molecule has 1 atom stereocenters. The number of benzene rings is 1. The number of rotatable bonds is 4. The number of carbonyl (C=O) groups is 1. The van der Waals surface area contributed by atoms with Gasteiger partial charge in [0.15, 0.2) is 5.58 Å². The van der Waals surface area contributed by atoms with E-state index in [4.69, 9.17) is 9.15 Å². The molecule has 2 aromatic rings. The summed E-state index contributed by atoms with van der Waals surface area (Å²) >= 11 is 1.48. The molecule has 1 unspecified atom stereocenters. The minimum Gasteiger partial charge on any atom is -0.462 e. The number of oxazole rings is 1. The van der Waals surface area contributed by atoms with E-state index in [9.17, 15) is 10.1 Å². The van der Waals surface area contributed by atoms with Gasteiger partial charge in [-0.25, -0.2) is 9.78 Å². The Kier molecular flexibility index (Phi) is 5.21. The van der Waals surface area contributed by atoms with E-state index >= 15 is 0 Å². The molecule has 1 fully saturated rings. The van der Waals surface area contributed by atoms with E-state index in [1.54, 1.807) is 6.92 Å². The van der Waals surface area contributed by atoms with Crippen molar-refractivity contribution >= 4 is 28.8 Å². The number of para-hydroxylation sites is 2. The molecule has 1 aliphatic rings. The van der Waals surface area contributed by atoms with Crippen molar-refractivity contribution in [3.05, 3.63) is 35.4 Å². The normalized spacial score (nSPS) is 19.8. The quantitative estimate of drug-likeness (QED) is 0.470. The van der Waals surface area contributed by atoms with Crippen molar-refractivity contribution in [1.29, 1.82) is 5.26 Å². The maximum absolute atomic E-state index is 12.1. The van der Waals surface area contributed by atoms with Gasteiger partial charge < -0.3 is 9.15 Å². The van der Waals surface area contributed by atoms with E-state index < -0.39 is 5.97 Å². The van der Waals surface area contributed by atoms with Crippen molar-refractivity contribution in [2.24, 2.45) is 0 Å². The van der Waals surface area contributed by atoms with Crippen LogP contribution in [-0.2, 0) is 9.53 Å². The number of hydrogen-bond donors (Lipinski definition) is 0. The summed E-state index contributed by atoms with van der Waals surface area (Å²) in [7, 11) is 0. The third-order valence-electron chi connectivity index (χ3n) is 3.98. The highest BCUT2D eigenvalue weighted by Gasteiger charge is 2.28. The van der Waals surface area contributed by atoms with Crippen molar-refractivity contribution in [3.8, 4) is 6.07 Å². The average Bonchev–Trinajstić information content (AvgIpc) is 2.99. The van der Waals surface area contributed by atoms with Crippen LogP contribution >= 0.6 is 11.8 Å². The topological polar surface area (TPSA) is 76.1 Å². The van der Waals surface area contributed by atoms with Gasteiger partial charge in [-0.15, -0.1) is 0 Å². The second-order valence-corrected chi connectivity index (χ2v) is 6.69. The molecule has 3 rings (SSSR count). The lowest BCUT2D eigenvalue weighted by Crippen LogP contribution is -2.19. The third-order valence-corrected chi connectivity index (χ3v) is 5.16. The maximum Gasteiger partial charge on any atom is 0.348 e. The number of hydrogen-bond acceptors (Lipinski definition) is 6. The molecule has 6 heteroatoms. The number of carbonyl (C=O) groups excluding carboxylic acids is 1. The monoisotopic (exact) mass is 342 g/mol. The van der Waals surface area contributed by atoms with Crippen molar-refractivity contribution in [2.75, 3.05) is 6.61 Å². The molecule has 124 valence electrons. The number of thioether (sulfide) groups is 1. The zero-order chi connectivity index (χ0) is 16.9. The van der Waals surface area contributed by atoms with Crippen LogP contribution < -0.4 is 0 Å². The first kappa shape index (κ1) is 16.6. The summed E-state index contributed by atoms with van der Waals surface area (Å²) in [6.07, 6.45) is 3.66. The Balaban J connectivity index is 1.89. The van der Waals surface area contributed by atoms with Crippen LogP contribution in [0, 0.1) is 11.3 Å². The zero-order valence-corrected chi connectivity index (χ0v) is 14.3. The fourth-order valence-corrected chi connectivity index (χ4v) is 4.07. The maximum atomic E-state index is 12.1. The Bertz CT molecular complexity index is 786. The summed E-state index contributed by atoms with van der Waals surface area (Å²) in [5, 5.41) is 10.0. The first-order valence-electron chi connectivity index (χ1n) is 8.05. The lowest BCUT2D eigenvalue weighted by atomic mass is 9.91. The van der Waals surface area contributed by atoms with Crippen molar-refractivity contribution in [2.45, 2.75) is 43.1 Å². The van der Waals surface area contributed by atoms with Gasteiger partial charge in [-0.2, -0.15) is 5.26 Å². The Labute approximate surface area is 144 Å². The smallest absolute Gasteiger partial charge is 0.348 e. The molecule has 1 heterocycles. The molecule has 24 heavy (non-hydrogen) atoms. The van der Waals surface area contributed by atoms with Gasteiger partial charge in [-0.05, 0) is 43.9 Å². The summed E-state index contributed by atoms with van der Waals surface area (Å²) in [5.74, 6) is -0.528. The lowest BCUT2D eigenvalue weighted by molar-refractivity contribution is -0.138. The van der Waals surface area contributed by atoms with E-state index in [-0.39, 0.29) is 17.4 Å². The van der Waals surface area contributed by atoms with Crippen LogP contribution in [0.2, 0.25) is 0 Å². The van der Waals surface area contributed by atoms with Gasteiger partial charge in [0.1, 0.15) is 17.2 Å². The summed E-state index contributed by atoms with van der Waals surface area (Å²) in [5.41, 5.74) is 2.55. The van der Waals surface area contributed by atoms with E-state index in [0.717, 1.165) is 42.4 Å². The predicted molar refractivity (Wildman–Crippen MR) is 91.4 cm³/mol. The molecule has 1 aromatic heterocycles. The van der Waals surface area contributed by atoms with Gasteiger partial charge in [0.25, 0.3) is 5.22 Å². The van der Waals surface area contributed by atoms with E-state index in [0.29, 0.717) is 5.22 Å². The second kappa shape index (κ2) is 7.54. The molecular weight excluding hydrogens is 324 g/mol. The molecule has 0 N–H and O–H groups in total. The van der Waals surface area contributed by atoms with Crippen molar-refractivity contribution < 1.29 is 13.9 Å². The Morgan fingerprint density at radius 2 is 2.29 bits per heavy atom. The van der Waals surface area contributed by atoms with Crippen LogP contribution in [0.25, 0.3) is 11.1 Å². The van der Waals surface area contributed by atoms with Gasteiger partial charge >= 0.3 is 5.97 Å². The average molecular weight is 342 g/mol. The zero-order valence-electron chi connectivity index (χ0n) is 13.4. The van der Waals surface area contributed by atoms with Crippen LogP contribution in [0.4, 0.5) is 0 Å². The van der Waals surface area contributed by atoms with Gasteiger partial charge in [-0.1, -0.05) is 30.3 Å². The number of ether oxygens (including phenoxy) is 1. The molecular formula is C18H18N2O3S. The molecule has 0 saturated heterocycles. The first-order chi connectivity index (χ1) is 11.7. The van der Waals surface area contributed by atoms with E-state index in [1.165, 1.54) is 11.8 Å².